The van der Waals surface area contributed by atoms with Crippen molar-refractivity contribution in [3.8, 4) is 0 Å². The van der Waals surface area contributed by atoms with Gasteiger partial charge in [0.2, 0.25) is 5.91 Å². The van der Waals surface area contributed by atoms with Crippen LogP contribution in [0.25, 0.3) is 0 Å². The average molecular weight is 301 g/mol. The first-order valence-electron chi connectivity index (χ1n) is 8.69. The molecule has 22 heavy (non-hydrogen) atoms. The van der Waals surface area contributed by atoms with Gasteiger partial charge in [-0.15, -0.1) is 0 Å². The molecule has 1 aromatic rings. The van der Waals surface area contributed by atoms with Gasteiger partial charge in [-0.1, -0.05) is 25.3 Å². The van der Waals surface area contributed by atoms with Crippen LogP contribution >= 0.6 is 0 Å². The third kappa shape index (κ3) is 3.67. The van der Waals surface area contributed by atoms with Gasteiger partial charge in [0.05, 0.1) is 11.7 Å². The number of aromatic nitrogens is 1. The van der Waals surface area contributed by atoms with Crippen LogP contribution in [0, 0.1) is 0 Å². The second-order valence-corrected chi connectivity index (χ2v) is 6.69. The fraction of sp³-hybridized carbons (Fsp3) is 0.667. The van der Waals surface area contributed by atoms with Crippen molar-refractivity contribution >= 4 is 5.91 Å². The molecule has 2 aliphatic rings. The summed E-state index contributed by atoms with van der Waals surface area (Å²) in [5.74, 6) is 0.00310. The van der Waals surface area contributed by atoms with Crippen molar-refractivity contribution in [1.82, 2.24) is 15.2 Å². The molecule has 1 atom stereocenters. The highest BCUT2D eigenvalue weighted by Gasteiger charge is 2.32. The molecule has 0 aromatic carbocycles. The van der Waals surface area contributed by atoms with Crippen LogP contribution in [0.3, 0.4) is 0 Å². The number of amides is 1. The van der Waals surface area contributed by atoms with Crippen molar-refractivity contribution in [1.29, 1.82) is 0 Å². The number of rotatable bonds is 4. The molecule has 120 valence electrons. The van der Waals surface area contributed by atoms with Gasteiger partial charge in [-0.3, -0.25) is 14.7 Å². The Labute approximate surface area is 133 Å². The van der Waals surface area contributed by atoms with E-state index < -0.39 is 0 Å². The van der Waals surface area contributed by atoms with Crippen LogP contribution in [0.4, 0.5) is 0 Å². The Kier molecular flexibility index (Phi) is 5.08. The quantitative estimate of drug-likeness (QED) is 0.929. The van der Waals surface area contributed by atoms with Crippen LogP contribution in [0.1, 0.15) is 69.2 Å². The van der Waals surface area contributed by atoms with Gasteiger partial charge in [-0.05, 0) is 43.9 Å². The molecule has 0 spiro atoms. The Morgan fingerprint density at radius 1 is 1.23 bits per heavy atom. The highest BCUT2D eigenvalue weighted by molar-refractivity contribution is 5.72. The number of hydrogen-bond donors (Lipinski definition) is 1. The predicted molar refractivity (Wildman–Crippen MR) is 87.3 cm³/mol. The lowest BCUT2D eigenvalue weighted by molar-refractivity contribution is -0.119. The number of likely N-dealkylation sites (tertiary alicyclic amines) is 1. The maximum atomic E-state index is 11.0. The third-order valence-corrected chi connectivity index (χ3v) is 5.07. The summed E-state index contributed by atoms with van der Waals surface area (Å²) in [4.78, 5) is 18.4. The van der Waals surface area contributed by atoms with Crippen molar-refractivity contribution in [2.75, 3.05) is 6.54 Å². The van der Waals surface area contributed by atoms with E-state index in [9.17, 15) is 4.79 Å². The molecule has 1 aliphatic heterocycles. The number of carbonyl (C=O) groups is 1. The molecule has 0 bridgehead atoms. The Bertz CT molecular complexity index is 494. The Hall–Kier alpha value is -1.42. The standard InChI is InChI=1S/C18H27N3O/c1-14(22)19-12-15-9-10-17(20-13-15)18-8-5-11-21(18)16-6-3-2-4-7-16/h9-10,13,16,18H,2-8,11-12H2,1H3,(H,19,22)/t18-/m1/s1. The van der Waals surface area contributed by atoms with E-state index in [0.717, 1.165) is 11.6 Å². The summed E-state index contributed by atoms with van der Waals surface area (Å²) < 4.78 is 0. The molecule has 2 fully saturated rings. The fourth-order valence-electron chi connectivity index (χ4n) is 3.92. The van der Waals surface area contributed by atoms with Crippen molar-refractivity contribution in [2.24, 2.45) is 0 Å². The second-order valence-electron chi connectivity index (χ2n) is 6.69. The first-order valence-corrected chi connectivity index (χ1v) is 8.69. The molecular weight excluding hydrogens is 274 g/mol. The molecule has 1 N–H and O–H groups in total. The topological polar surface area (TPSA) is 45.2 Å². The number of pyridine rings is 1. The summed E-state index contributed by atoms with van der Waals surface area (Å²) in [5, 5.41) is 2.82. The summed E-state index contributed by atoms with van der Waals surface area (Å²) in [7, 11) is 0. The number of nitrogens with one attached hydrogen (secondary N) is 1. The number of nitrogens with zero attached hydrogens (tertiary/aromatic N) is 2. The zero-order valence-electron chi connectivity index (χ0n) is 13.6. The van der Waals surface area contributed by atoms with Crippen LogP contribution in [0.15, 0.2) is 18.3 Å². The predicted octanol–water partition coefficient (Wildman–Crippen LogP) is 3.19. The molecular formula is C18H27N3O. The maximum absolute atomic E-state index is 11.0. The summed E-state index contributed by atoms with van der Waals surface area (Å²) in [6, 6.07) is 5.53. The fourth-order valence-corrected chi connectivity index (χ4v) is 3.92. The minimum Gasteiger partial charge on any atom is -0.352 e. The Balaban J connectivity index is 1.65. The molecule has 2 heterocycles. The third-order valence-electron chi connectivity index (χ3n) is 5.07. The zero-order valence-corrected chi connectivity index (χ0v) is 13.6. The minimum absolute atomic E-state index is 0.00310. The van der Waals surface area contributed by atoms with Gasteiger partial charge in [0.15, 0.2) is 0 Å². The lowest BCUT2D eigenvalue weighted by Gasteiger charge is -2.35. The second kappa shape index (κ2) is 7.23. The van der Waals surface area contributed by atoms with E-state index in [-0.39, 0.29) is 5.91 Å². The van der Waals surface area contributed by atoms with Crippen LogP contribution in [-0.2, 0) is 11.3 Å². The monoisotopic (exact) mass is 301 g/mol. The first kappa shape index (κ1) is 15.5. The lowest BCUT2D eigenvalue weighted by Crippen LogP contribution is -2.36. The summed E-state index contributed by atoms with van der Waals surface area (Å²) in [6.07, 6.45) is 11.3. The van der Waals surface area contributed by atoms with Crippen molar-refractivity contribution < 1.29 is 4.79 Å². The summed E-state index contributed by atoms with van der Waals surface area (Å²) in [5.41, 5.74) is 2.27. The summed E-state index contributed by atoms with van der Waals surface area (Å²) in [6.45, 7) is 3.34. The molecule has 1 amide bonds. The average Bonchev–Trinajstić information content (AvgIpc) is 3.04. The van der Waals surface area contributed by atoms with E-state index in [4.69, 9.17) is 4.98 Å². The Morgan fingerprint density at radius 2 is 2.05 bits per heavy atom. The van der Waals surface area contributed by atoms with Gasteiger partial charge in [-0.25, -0.2) is 0 Å². The van der Waals surface area contributed by atoms with E-state index in [1.54, 1.807) is 6.92 Å². The summed E-state index contributed by atoms with van der Waals surface area (Å²) >= 11 is 0. The lowest BCUT2D eigenvalue weighted by atomic mass is 9.93. The molecule has 1 aromatic heterocycles. The van der Waals surface area contributed by atoms with E-state index in [2.05, 4.69) is 22.3 Å². The maximum Gasteiger partial charge on any atom is 0.217 e. The molecule has 1 aliphatic carbocycles. The van der Waals surface area contributed by atoms with E-state index in [0.29, 0.717) is 12.6 Å². The van der Waals surface area contributed by atoms with Crippen molar-refractivity contribution in [2.45, 2.75) is 70.5 Å². The van der Waals surface area contributed by atoms with E-state index >= 15 is 0 Å². The smallest absolute Gasteiger partial charge is 0.217 e. The number of hydrogen-bond acceptors (Lipinski definition) is 3. The van der Waals surface area contributed by atoms with Crippen molar-refractivity contribution in [3.63, 3.8) is 0 Å². The molecule has 4 nitrogen and oxygen atoms in total. The van der Waals surface area contributed by atoms with Crippen LogP contribution < -0.4 is 5.32 Å². The zero-order chi connectivity index (χ0) is 15.4. The van der Waals surface area contributed by atoms with Gasteiger partial charge in [0.25, 0.3) is 0 Å². The Morgan fingerprint density at radius 3 is 2.73 bits per heavy atom. The van der Waals surface area contributed by atoms with Gasteiger partial charge >= 0.3 is 0 Å². The van der Waals surface area contributed by atoms with Crippen molar-refractivity contribution in [3.05, 3.63) is 29.6 Å². The SMILES string of the molecule is CC(=O)NCc1ccc([C@H]2CCCN2C2CCCCC2)nc1. The molecule has 1 saturated heterocycles. The first-order chi connectivity index (χ1) is 10.7. The molecule has 1 saturated carbocycles. The minimum atomic E-state index is 0.00310. The molecule has 0 unspecified atom stereocenters. The normalized spacial score (nSPS) is 23.6. The molecule has 3 rings (SSSR count). The highest BCUT2D eigenvalue weighted by atomic mass is 16.1. The van der Waals surface area contributed by atoms with Gasteiger partial charge in [0, 0.05) is 25.7 Å². The number of carbonyl (C=O) groups excluding carboxylic acids is 1. The van der Waals surface area contributed by atoms with Crippen LogP contribution in [0.5, 0.6) is 0 Å². The van der Waals surface area contributed by atoms with E-state index in [1.807, 2.05) is 6.20 Å². The van der Waals surface area contributed by atoms with Gasteiger partial charge in [0.1, 0.15) is 0 Å². The van der Waals surface area contributed by atoms with Gasteiger partial charge in [-0.2, -0.15) is 0 Å². The molecule has 0 radical (unpaired) electrons. The highest BCUT2D eigenvalue weighted by Crippen LogP contribution is 2.36. The van der Waals surface area contributed by atoms with Gasteiger partial charge < -0.3 is 5.32 Å². The van der Waals surface area contributed by atoms with Crippen LogP contribution in [-0.4, -0.2) is 28.4 Å². The van der Waals surface area contributed by atoms with E-state index in [1.165, 1.54) is 57.2 Å². The van der Waals surface area contributed by atoms with Crippen LogP contribution in [0.2, 0.25) is 0 Å². The molecule has 4 heteroatoms. The largest absolute Gasteiger partial charge is 0.352 e.